The third kappa shape index (κ3) is 4.00. The number of likely N-dealkylation sites (N-methyl/N-ethyl adjacent to an activating group) is 1. The number of alkyl carbamates (subject to hydrolysis) is 1. The first-order chi connectivity index (χ1) is 11.6. The van der Waals surface area contributed by atoms with Crippen molar-refractivity contribution in [1.82, 2.24) is 10.2 Å². The van der Waals surface area contributed by atoms with Crippen molar-refractivity contribution in [2.75, 3.05) is 13.7 Å². The second kappa shape index (κ2) is 7.95. The van der Waals surface area contributed by atoms with Gasteiger partial charge in [0.05, 0.1) is 0 Å². The molecule has 0 aliphatic rings. The van der Waals surface area contributed by atoms with E-state index in [1.165, 1.54) is 18.4 Å². The summed E-state index contributed by atoms with van der Waals surface area (Å²) >= 11 is 1.54. The summed E-state index contributed by atoms with van der Waals surface area (Å²) in [7, 11) is 1.32. The second-order valence-corrected chi connectivity index (χ2v) is 5.80. The standard InChI is InChI=1S/C16H14N4O3S/c1-20(10-18)15(21)13(19-16(22)23-7-6-17)8-11-9-24-14-5-3-2-4-12(11)14/h2-5,9,13H,7-8H2,1H3,(H,19,22). The molecule has 1 aromatic carbocycles. The zero-order valence-corrected chi connectivity index (χ0v) is 13.7. The number of rotatable bonds is 5. The largest absolute Gasteiger partial charge is 0.434 e. The van der Waals surface area contributed by atoms with E-state index in [-0.39, 0.29) is 6.42 Å². The van der Waals surface area contributed by atoms with Gasteiger partial charge in [-0.1, -0.05) is 18.2 Å². The van der Waals surface area contributed by atoms with Crippen LogP contribution < -0.4 is 5.32 Å². The van der Waals surface area contributed by atoms with E-state index in [2.05, 4.69) is 10.1 Å². The number of carbonyl (C=O) groups is 2. The fourth-order valence-electron chi connectivity index (χ4n) is 2.18. The van der Waals surface area contributed by atoms with Crippen LogP contribution in [-0.2, 0) is 16.0 Å². The molecule has 7 nitrogen and oxygen atoms in total. The summed E-state index contributed by atoms with van der Waals surface area (Å²) in [6.45, 7) is -0.414. The molecular weight excluding hydrogens is 328 g/mol. The molecule has 0 radical (unpaired) electrons. The molecule has 8 heteroatoms. The number of nitriles is 2. The first kappa shape index (κ1) is 17.3. The number of nitrogens with zero attached hydrogens (tertiary/aromatic N) is 3. The molecule has 1 heterocycles. The van der Waals surface area contributed by atoms with Crippen LogP contribution in [0.2, 0.25) is 0 Å². The van der Waals surface area contributed by atoms with E-state index in [1.807, 2.05) is 29.6 Å². The maximum atomic E-state index is 12.3. The molecule has 1 aromatic heterocycles. The predicted molar refractivity (Wildman–Crippen MR) is 87.8 cm³/mol. The van der Waals surface area contributed by atoms with Gasteiger partial charge in [-0.2, -0.15) is 10.5 Å². The molecule has 0 bridgehead atoms. The van der Waals surface area contributed by atoms with Crippen molar-refractivity contribution < 1.29 is 14.3 Å². The molecule has 1 unspecified atom stereocenters. The monoisotopic (exact) mass is 342 g/mol. The summed E-state index contributed by atoms with van der Waals surface area (Å²) in [6, 6.07) is 8.44. The highest BCUT2D eigenvalue weighted by Crippen LogP contribution is 2.26. The molecule has 2 rings (SSSR count). The van der Waals surface area contributed by atoms with Gasteiger partial charge in [0.1, 0.15) is 12.1 Å². The van der Waals surface area contributed by atoms with Crippen LogP contribution in [0.4, 0.5) is 4.79 Å². The van der Waals surface area contributed by atoms with Crippen molar-refractivity contribution in [1.29, 1.82) is 10.5 Å². The van der Waals surface area contributed by atoms with E-state index >= 15 is 0 Å². The van der Waals surface area contributed by atoms with Gasteiger partial charge in [-0.15, -0.1) is 11.3 Å². The minimum absolute atomic E-state index is 0.219. The molecule has 1 atom stereocenters. The molecule has 1 N–H and O–H groups in total. The summed E-state index contributed by atoms with van der Waals surface area (Å²) in [4.78, 5) is 24.9. The molecule has 24 heavy (non-hydrogen) atoms. The molecule has 122 valence electrons. The minimum atomic E-state index is -0.959. The Hall–Kier alpha value is -3.10. The average molecular weight is 342 g/mol. The van der Waals surface area contributed by atoms with Crippen molar-refractivity contribution in [2.45, 2.75) is 12.5 Å². The number of ether oxygens (including phenoxy) is 1. The van der Waals surface area contributed by atoms with Crippen LogP contribution in [0.15, 0.2) is 29.6 Å². The summed E-state index contributed by atoms with van der Waals surface area (Å²) in [5.41, 5.74) is 0.890. The Labute approximate surface area is 142 Å². The SMILES string of the molecule is CN(C#N)C(=O)C(Cc1csc2ccccc12)NC(=O)OCC#N. The lowest BCUT2D eigenvalue weighted by atomic mass is 10.0. The average Bonchev–Trinajstić information content (AvgIpc) is 3.01. The van der Waals surface area contributed by atoms with Gasteiger partial charge < -0.3 is 10.1 Å². The molecule has 0 fully saturated rings. The Bertz CT molecular complexity index is 834. The van der Waals surface area contributed by atoms with Crippen molar-refractivity contribution >= 4 is 33.4 Å². The first-order valence-corrected chi connectivity index (χ1v) is 7.87. The van der Waals surface area contributed by atoms with E-state index < -0.39 is 24.6 Å². The topological polar surface area (TPSA) is 106 Å². The fourth-order valence-corrected chi connectivity index (χ4v) is 3.15. The summed E-state index contributed by atoms with van der Waals surface area (Å²) < 4.78 is 5.70. The van der Waals surface area contributed by atoms with Gasteiger partial charge in [0.15, 0.2) is 12.8 Å². The number of thiophene rings is 1. The van der Waals surface area contributed by atoms with Gasteiger partial charge in [-0.25, -0.2) is 4.79 Å². The predicted octanol–water partition coefficient (Wildman–Crippen LogP) is 2.00. The lowest BCUT2D eigenvalue weighted by Gasteiger charge is -2.19. The molecule has 0 aliphatic heterocycles. The van der Waals surface area contributed by atoms with Crippen molar-refractivity contribution in [2.24, 2.45) is 0 Å². The van der Waals surface area contributed by atoms with Crippen LogP contribution in [0.25, 0.3) is 10.1 Å². The highest BCUT2D eigenvalue weighted by Gasteiger charge is 2.26. The lowest BCUT2D eigenvalue weighted by Crippen LogP contribution is -2.47. The van der Waals surface area contributed by atoms with Gasteiger partial charge in [-0.05, 0) is 22.4 Å². The Morgan fingerprint density at radius 2 is 2.12 bits per heavy atom. The van der Waals surface area contributed by atoms with Gasteiger partial charge >= 0.3 is 6.09 Å². The van der Waals surface area contributed by atoms with Gasteiger partial charge in [0, 0.05) is 18.2 Å². The van der Waals surface area contributed by atoms with Crippen molar-refractivity contribution in [3.63, 3.8) is 0 Å². The maximum Gasteiger partial charge on any atom is 0.408 e. The summed E-state index contributed by atoms with van der Waals surface area (Å²) in [6.07, 6.45) is 1.06. The van der Waals surface area contributed by atoms with Gasteiger partial charge in [0.25, 0.3) is 5.91 Å². The van der Waals surface area contributed by atoms with Crippen LogP contribution in [-0.4, -0.2) is 36.6 Å². The Morgan fingerprint density at radius 3 is 2.83 bits per heavy atom. The Kier molecular flexibility index (Phi) is 5.72. The molecule has 0 aliphatic carbocycles. The highest BCUT2D eigenvalue weighted by atomic mass is 32.1. The van der Waals surface area contributed by atoms with E-state index in [1.54, 1.807) is 12.3 Å². The number of amides is 2. The Balaban J connectivity index is 2.22. The third-order valence-corrected chi connectivity index (χ3v) is 4.34. The van der Waals surface area contributed by atoms with E-state index in [9.17, 15) is 9.59 Å². The maximum absolute atomic E-state index is 12.3. The van der Waals surface area contributed by atoms with Crippen LogP contribution in [0.3, 0.4) is 0 Å². The molecule has 0 spiro atoms. The number of nitrogens with one attached hydrogen (secondary N) is 1. The molecule has 0 saturated heterocycles. The number of fused-ring (bicyclic) bond motifs is 1. The minimum Gasteiger partial charge on any atom is -0.434 e. The van der Waals surface area contributed by atoms with E-state index in [0.717, 1.165) is 20.5 Å². The Morgan fingerprint density at radius 1 is 1.38 bits per heavy atom. The van der Waals surface area contributed by atoms with Crippen molar-refractivity contribution in [3.05, 3.63) is 35.2 Å². The normalized spacial score (nSPS) is 11.1. The van der Waals surface area contributed by atoms with Gasteiger partial charge in [0.2, 0.25) is 0 Å². The van der Waals surface area contributed by atoms with Crippen LogP contribution in [0.5, 0.6) is 0 Å². The van der Waals surface area contributed by atoms with Crippen LogP contribution in [0.1, 0.15) is 5.56 Å². The van der Waals surface area contributed by atoms with E-state index in [4.69, 9.17) is 10.5 Å². The highest BCUT2D eigenvalue weighted by molar-refractivity contribution is 7.17. The van der Waals surface area contributed by atoms with Gasteiger partial charge in [-0.3, -0.25) is 9.69 Å². The first-order valence-electron chi connectivity index (χ1n) is 6.99. The third-order valence-electron chi connectivity index (χ3n) is 3.32. The molecular formula is C16H14N4O3S. The smallest absolute Gasteiger partial charge is 0.408 e. The quantitative estimate of drug-likeness (QED) is 0.661. The molecule has 0 saturated carbocycles. The lowest BCUT2D eigenvalue weighted by molar-refractivity contribution is -0.129. The number of hydrogen-bond donors (Lipinski definition) is 1. The molecule has 2 amide bonds. The summed E-state index contributed by atoms with van der Waals surface area (Å²) in [5.74, 6) is -0.554. The van der Waals surface area contributed by atoms with Crippen molar-refractivity contribution in [3.8, 4) is 12.3 Å². The van der Waals surface area contributed by atoms with Crippen LogP contribution in [0, 0.1) is 22.8 Å². The van der Waals surface area contributed by atoms with E-state index in [0.29, 0.717) is 0 Å². The number of hydrogen-bond acceptors (Lipinski definition) is 6. The number of carbonyl (C=O) groups excluding carboxylic acids is 2. The zero-order chi connectivity index (χ0) is 17.5. The zero-order valence-electron chi connectivity index (χ0n) is 12.9. The number of benzene rings is 1. The summed E-state index contributed by atoms with van der Waals surface area (Å²) in [5, 5.41) is 22.7. The molecule has 2 aromatic rings. The second-order valence-electron chi connectivity index (χ2n) is 4.89. The van der Waals surface area contributed by atoms with Crippen LogP contribution >= 0.6 is 11.3 Å². The fraction of sp³-hybridized carbons (Fsp3) is 0.250.